The van der Waals surface area contributed by atoms with Crippen molar-refractivity contribution in [2.45, 2.75) is 65.0 Å². The molecule has 2 fully saturated rings. The van der Waals surface area contributed by atoms with Crippen LogP contribution in [0.3, 0.4) is 0 Å². The Balaban J connectivity index is 0.000000994. The molecule has 60 heavy (non-hydrogen) atoms. The fourth-order valence-electron chi connectivity index (χ4n) is 6.24. The van der Waals surface area contributed by atoms with E-state index in [1.807, 2.05) is 55.5 Å². The van der Waals surface area contributed by atoms with Gasteiger partial charge in [-0.3, -0.25) is 9.59 Å². The number of aromatic nitrogens is 2. The SMILES string of the molecule is C=C.C=CC(=C)c1cc(-c2cnc([C@@H]3CCCN3C(=O)CNC(=O)OC)[nH]2)cc(C)c1C#C/C=C/N=C(N)C1CCCN1C(=O)CNC(=O)OC.CCC.c1ccccc1. The summed E-state index contributed by atoms with van der Waals surface area (Å²) in [6.07, 6.45) is 9.41. The first-order chi connectivity index (χ1) is 29.0. The summed E-state index contributed by atoms with van der Waals surface area (Å²) in [7, 11) is 2.48. The van der Waals surface area contributed by atoms with Crippen molar-refractivity contribution >= 4 is 35.4 Å². The topological polar surface area (TPSA) is 184 Å². The van der Waals surface area contributed by atoms with Gasteiger partial charge in [0.2, 0.25) is 11.8 Å². The first-order valence-electron chi connectivity index (χ1n) is 19.7. The molecule has 0 saturated carbocycles. The summed E-state index contributed by atoms with van der Waals surface area (Å²) in [5, 5.41) is 4.84. The normalized spacial score (nSPS) is 15.3. The highest BCUT2D eigenvalue weighted by Gasteiger charge is 2.33. The lowest BCUT2D eigenvalue weighted by atomic mass is 9.93. The maximum atomic E-state index is 12.8. The van der Waals surface area contributed by atoms with Crippen molar-refractivity contribution in [3.63, 3.8) is 0 Å². The van der Waals surface area contributed by atoms with E-state index < -0.39 is 12.2 Å². The largest absolute Gasteiger partial charge is 0.453 e. The molecule has 0 aliphatic carbocycles. The number of hydrogen-bond acceptors (Lipinski definition) is 8. The average Bonchev–Trinajstić information content (AvgIpc) is 4.08. The Hall–Kier alpha value is -6.88. The van der Waals surface area contributed by atoms with Gasteiger partial charge in [-0.15, -0.1) is 13.2 Å². The van der Waals surface area contributed by atoms with E-state index in [4.69, 9.17) is 5.73 Å². The maximum Gasteiger partial charge on any atom is 0.407 e. The van der Waals surface area contributed by atoms with Crippen LogP contribution in [0.2, 0.25) is 0 Å². The van der Waals surface area contributed by atoms with Crippen molar-refractivity contribution < 1.29 is 28.7 Å². The van der Waals surface area contributed by atoms with Crippen LogP contribution in [0.15, 0.2) is 104 Å². The van der Waals surface area contributed by atoms with Crippen LogP contribution in [0.4, 0.5) is 9.59 Å². The molecule has 2 aliphatic rings. The van der Waals surface area contributed by atoms with Gasteiger partial charge in [0.25, 0.3) is 0 Å². The number of ether oxygens (including phenoxy) is 2. The van der Waals surface area contributed by atoms with E-state index in [0.29, 0.717) is 30.9 Å². The number of amidine groups is 1. The molecule has 5 N–H and O–H groups in total. The summed E-state index contributed by atoms with van der Waals surface area (Å²) in [5.41, 5.74) is 11.0. The van der Waals surface area contributed by atoms with Gasteiger partial charge >= 0.3 is 12.2 Å². The molecule has 0 spiro atoms. The minimum Gasteiger partial charge on any atom is -0.453 e. The number of H-pyrrole nitrogens is 1. The summed E-state index contributed by atoms with van der Waals surface area (Å²) in [4.78, 5) is 63.8. The van der Waals surface area contributed by atoms with Gasteiger partial charge in [-0.2, -0.15) is 0 Å². The molecular weight excluding hydrogens is 761 g/mol. The Morgan fingerprint density at radius 3 is 2.07 bits per heavy atom. The molecule has 3 aromatic rings. The number of aliphatic imine (C=N–C) groups is 1. The number of aryl methyl sites for hydroxylation is 1. The predicted octanol–water partition coefficient (Wildman–Crippen LogP) is 7.08. The van der Waals surface area contributed by atoms with Crippen molar-refractivity contribution in [1.29, 1.82) is 0 Å². The maximum absolute atomic E-state index is 12.8. The number of carbonyl (C=O) groups is 4. The molecule has 2 aliphatic heterocycles. The van der Waals surface area contributed by atoms with Crippen molar-refractivity contribution in [3.8, 4) is 23.1 Å². The number of amides is 4. The lowest BCUT2D eigenvalue weighted by Gasteiger charge is -2.24. The van der Waals surface area contributed by atoms with E-state index in [-0.39, 0.29) is 42.8 Å². The van der Waals surface area contributed by atoms with Crippen LogP contribution in [-0.2, 0) is 19.1 Å². The first kappa shape index (κ1) is 49.3. The van der Waals surface area contributed by atoms with E-state index in [2.05, 4.69) is 87.1 Å². The first-order valence-corrected chi connectivity index (χ1v) is 19.7. The Morgan fingerprint density at radius 2 is 1.50 bits per heavy atom. The monoisotopic (exact) mass is 820 g/mol. The smallest absolute Gasteiger partial charge is 0.407 e. The fourth-order valence-corrected chi connectivity index (χ4v) is 6.24. The van der Waals surface area contributed by atoms with E-state index in [1.165, 1.54) is 26.8 Å². The Labute approximate surface area is 354 Å². The summed E-state index contributed by atoms with van der Waals surface area (Å²) in [6.45, 7) is 21.0. The predicted molar refractivity (Wildman–Crippen MR) is 239 cm³/mol. The summed E-state index contributed by atoms with van der Waals surface area (Å²) in [5.74, 6) is 6.67. The van der Waals surface area contributed by atoms with E-state index >= 15 is 0 Å². The van der Waals surface area contributed by atoms with E-state index in [0.717, 1.165) is 47.2 Å². The highest BCUT2D eigenvalue weighted by atomic mass is 16.5. The van der Waals surface area contributed by atoms with Gasteiger partial charge in [0.15, 0.2) is 0 Å². The Morgan fingerprint density at radius 1 is 0.950 bits per heavy atom. The number of nitrogens with two attached hydrogens (primary N) is 1. The van der Waals surface area contributed by atoms with Crippen molar-refractivity contribution in [1.82, 2.24) is 30.4 Å². The number of methoxy groups -OCH3 is 2. The quantitative estimate of drug-likeness (QED) is 0.0550. The highest BCUT2D eigenvalue weighted by molar-refractivity contribution is 5.92. The number of likely N-dealkylation sites (tertiary alicyclic amines) is 2. The van der Waals surface area contributed by atoms with Crippen LogP contribution in [-0.4, -0.2) is 96.0 Å². The number of benzene rings is 2. The van der Waals surface area contributed by atoms with Crippen molar-refractivity contribution in [2.24, 2.45) is 10.7 Å². The molecule has 2 saturated heterocycles. The minimum absolute atomic E-state index is 0.155. The van der Waals surface area contributed by atoms with Gasteiger partial charge in [0, 0.05) is 36.5 Å². The van der Waals surface area contributed by atoms with Crippen LogP contribution >= 0.6 is 0 Å². The third-order valence-electron chi connectivity index (χ3n) is 9.02. The van der Waals surface area contributed by atoms with Crippen LogP contribution in [0.25, 0.3) is 16.8 Å². The zero-order valence-electron chi connectivity index (χ0n) is 35.6. The van der Waals surface area contributed by atoms with Crippen molar-refractivity contribution in [3.05, 3.63) is 122 Å². The molecule has 3 heterocycles. The Bertz CT molecular complexity index is 1990. The molecule has 2 atom stereocenters. The van der Waals surface area contributed by atoms with E-state index in [1.54, 1.807) is 28.1 Å². The number of carbonyl (C=O) groups excluding carboxylic acids is 4. The number of aromatic amines is 1. The van der Waals surface area contributed by atoms with Gasteiger partial charge in [-0.25, -0.2) is 19.6 Å². The lowest BCUT2D eigenvalue weighted by molar-refractivity contribution is -0.131. The van der Waals surface area contributed by atoms with Gasteiger partial charge in [0.1, 0.15) is 24.7 Å². The fraction of sp³-hybridized carbons (Fsp3) is 0.348. The molecule has 4 amide bonds. The van der Waals surface area contributed by atoms with Crippen LogP contribution in [0.5, 0.6) is 0 Å². The number of hydrogen-bond donors (Lipinski definition) is 4. The lowest BCUT2D eigenvalue weighted by Crippen LogP contribution is -2.47. The van der Waals surface area contributed by atoms with E-state index in [9.17, 15) is 19.2 Å². The second kappa shape index (κ2) is 26.9. The standard InChI is InChI=1S/C35H42N8O6.C6H6.C3H8.C2H4/c1-6-22(2)26-18-24(27-19-38-33(41-27)29-13-10-16-43(29)31(45)21-40-35(47)49-5)17-23(3)25(26)11-7-8-14-37-32(36)28-12-9-15-42(28)30(44)20-39-34(46)48-4;1-2-4-6-5-3-1;1-3-2;1-2/h6,8,14,17-19,28-29H,1-2,9-10,12-13,15-16,20-21H2,3-5H3,(H2,36,37)(H,38,41)(H,39,46)(H,40,47);1-6H;3H2,1-2H3;1-2H2/b14-8+;;;/t28?,29-;;;/m0.../s1. The Kier molecular flexibility index (Phi) is 22.1. The molecule has 14 heteroatoms. The highest BCUT2D eigenvalue weighted by Crippen LogP contribution is 2.33. The summed E-state index contributed by atoms with van der Waals surface area (Å²) >= 11 is 0. The number of nitrogens with zero attached hydrogens (tertiary/aromatic N) is 4. The van der Waals surface area contributed by atoms with Gasteiger partial charge in [0.05, 0.1) is 38.2 Å². The van der Waals surface area contributed by atoms with Gasteiger partial charge in [-0.05, 0) is 61.4 Å². The zero-order chi connectivity index (χ0) is 44.5. The molecule has 0 radical (unpaired) electrons. The van der Waals surface area contributed by atoms with Crippen LogP contribution in [0, 0.1) is 18.8 Å². The summed E-state index contributed by atoms with van der Waals surface area (Å²) < 4.78 is 9.09. The molecule has 1 aromatic heterocycles. The third kappa shape index (κ3) is 15.1. The van der Waals surface area contributed by atoms with Gasteiger partial charge < -0.3 is 40.6 Å². The molecule has 1 unspecified atom stereocenters. The molecule has 320 valence electrons. The number of alkyl carbamates (subject to hydrolysis) is 2. The molecular formula is C46H60N8O6. The number of allylic oxidation sites excluding steroid dienone is 3. The molecule has 14 nitrogen and oxygen atoms in total. The minimum atomic E-state index is -0.679. The molecule has 2 aromatic carbocycles. The number of imidazole rings is 1. The van der Waals surface area contributed by atoms with Crippen LogP contribution in [0.1, 0.15) is 74.5 Å². The summed E-state index contributed by atoms with van der Waals surface area (Å²) in [6, 6.07) is 15.4. The zero-order valence-corrected chi connectivity index (χ0v) is 35.6. The second-order valence-electron chi connectivity index (χ2n) is 13.3. The molecule has 0 bridgehead atoms. The molecule has 5 rings (SSSR count). The van der Waals surface area contributed by atoms with Gasteiger partial charge in [-0.1, -0.05) is 87.7 Å². The number of rotatable bonds is 10. The third-order valence-corrected chi connectivity index (χ3v) is 9.02. The number of nitrogens with one attached hydrogen (secondary N) is 3. The van der Waals surface area contributed by atoms with Crippen LogP contribution < -0.4 is 16.4 Å². The average molecular weight is 821 g/mol. The van der Waals surface area contributed by atoms with Crippen molar-refractivity contribution in [2.75, 3.05) is 40.4 Å². The second-order valence-corrected chi connectivity index (χ2v) is 13.3.